The molecule has 0 amide bonds. The van der Waals surface area contributed by atoms with Gasteiger partial charge in [0.1, 0.15) is 0 Å². The van der Waals surface area contributed by atoms with Gasteiger partial charge in [0.25, 0.3) is 0 Å². The highest BCUT2D eigenvalue weighted by Gasteiger charge is 2.32. The molecule has 0 atom stereocenters. The zero-order chi connectivity index (χ0) is 15.6. The zero-order valence-corrected chi connectivity index (χ0v) is 11.3. The molecule has 1 aromatic heterocycles. The number of benzene rings is 1. The quantitative estimate of drug-likeness (QED) is 0.918. The second-order valence-corrected chi connectivity index (χ2v) is 4.74. The van der Waals surface area contributed by atoms with Crippen LogP contribution in [0.3, 0.4) is 0 Å². The molecule has 5 nitrogen and oxygen atoms in total. The van der Waals surface area contributed by atoms with Gasteiger partial charge in [0, 0.05) is 19.0 Å². The van der Waals surface area contributed by atoms with Crippen molar-refractivity contribution in [3.05, 3.63) is 30.0 Å². The molecule has 1 heterocycles. The number of alkyl halides is 3. The highest BCUT2D eigenvalue weighted by atomic mass is 19.4. The topological polar surface area (TPSA) is 58.4 Å². The number of carboxylic acids is 1. The summed E-state index contributed by atoms with van der Waals surface area (Å²) in [5.41, 5.74) is 1.22. The summed E-state index contributed by atoms with van der Waals surface area (Å²) < 4.78 is 39.1. The fourth-order valence-corrected chi connectivity index (χ4v) is 2.23. The molecule has 1 N–H and O–H groups in total. The van der Waals surface area contributed by atoms with Crippen LogP contribution in [0.25, 0.3) is 10.9 Å². The monoisotopic (exact) mass is 301 g/mol. The number of fused-ring (bicyclic) bond motifs is 1. The number of carboxylic acid groups (broad SMARTS) is 1. The van der Waals surface area contributed by atoms with Crippen molar-refractivity contribution in [2.75, 3.05) is 13.1 Å². The van der Waals surface area contributed by atoms with Gasteiger partial charge in [-0.25, -0.2) is 0 Å². The molecule has 0 fully saturated rings. The molecule has 0 aliphatic rings. The summed E-state index contributed by atoms with van der Waals surface area (Å²) in [4.78, 5) is 11.5. The average Bonchev–Trinajstić information content (AvgIpc) is 2.64. The van der Waals surface area contributed by atoms with Gasteiger partial charge in [-0.2, -0.15) is 18.3 Å². The van der Waals surface area contributed by atoms with E-state index in [-0.39, 0.29) is 6.54 Å². The van der Waals surface area contributed by atoms with Crippen molar-refractivity contribution in [2.45, 2.75) is 12.7 Å². The van der Waals surface area contributed by atoms with Crippen molar-refractivity contribution in [3.63, 3.8) is 0 Å². The number of aliphatic carboxylic acids is 1. The van der Waals surface area contributed by atoms with E-state index in [1.807, 2.05) is 0 Å². The molecular formula is C13H14F3N3O2. The Morgan fingerprint density at radius 2 is 2.05 bits per heavy atom. The molecule has 0 aliphatic heterocycles. The molecular weight excluding hydrogens is 287 g/mol. The van der Waals surface area contributed by atoms with Crippen LogP contribution in [0.2, 0.25) is 0 Å². The van der Waals surface area contributed by atoms with E-state index in [2.05, 4.69) is 5.10 Å². The Balaban J connectivity index is 2.27. The molecule has 21 heavy (non-hydrogen) atoms. The van der Waals surface area contributed by atoms with Crippen LogP contribution in [-0.2, 0) is 18.4 Å². The van der Waals surface area contributed by atoms with Gasteiger partial charge in [0.15, 0.2) is 0 Å². The van der Waals surface area contributed by atoms with E-state index in [0.29, 0.717) is 5.69 Å². The van der Waals surface area contributed by atoms with Gasteiger partial charge in [-0.15, -0.1) is 0 Å². The van der Waals surface area contributed by atoms with Gasteiger partial charge in [0.05, 0.1) is 24.3 Å². The summed E-state index contributed by atoms with van der Waals surface area (Å²) in [6.45, 7) is -2.15. The van der Waals surface area contributed by atoms with Gasteiger partial charge < -0.3 is 5.11 Å². The molecule has 114 valence electrons. The summed E-state index contributed by atoms with van der Waals surface area (Å²) >= 11 is 0. The summed E-state index contributed by atoms with van der Waals surface area (Å²) in [5.74, 6) is -1.31. The van der Waals surface area contributed by atoms with Crippen molar-refractivity contribution in [2.24, 2.45) is 7.05 Å². The highest BCUT2D eigenvalue weighted by Crippen LogP contribution is 2.21. The molecule has 0 saturated heterocycles. The maximum atomic E-state index is 12.5. The minimum absolute atomic E-state index is 0.173. The van der Waals surface area contributed by atoms with Crippen molar-refractivity contribution in [3.8, 4) is 0 Å². The van der Waals surface area contributed by atoms with Gasteiger partial charge >= 0.3 is 12.1 Å². The van der Waals surface area contributed by atoms with Crippen LogP contribution in [0.1, 0.15) is 5.69 Å². The fourth-order valence-electron chi connectivity index (χ4n) is 2.23. The Hall–Kier alpha value is -2.09. The van der Waals surface area contributed by atoms with Gasteiger partial charge in [-0.3, -0.25) is 14.4 Å². The number of hydrogen-bond acceptors (Lipinski definition) is 3. The third-order valence-electron chi connectivity index (χ3n) is 2.97. The fraction of sp³-hybridized carbons (Fsp3) is 0.385. The summed E-state index contributed by atoms with van der Waals surface area (Å²) in [6, 6.07) is 7.12. The van der Waals surface area contributed by atoms with Crippen LogP contribution in [0.4, 0.5) is 13.2 Å². The van der Waals surface area contributed by atoms with Gasteiger partial charge in [-0.05, 0) is 6.07 Å². The second-order valence-electron chi connectivity index (χ2n) is 4.74. The van der Waals surface area contributed by atoms with E-state index in [0.717, 1.165) is 15.8 Å². The molecule has 1 aromatic carbocycles. The zero-order valence-electron chi connectivity index (χ0n) is 11.3. The van der Waals surface area contributed by atoms with Crippen LogP contribution in [0.15, 0.2) is 24.3 Å². The Bertz CT molecular complexity index is 652. The van der Waals surface area contributed by atoms with E-state index in [1.165, 1.54) is 0 Å². The van der Waals surface area contributed by atoms with Crippen LogP contribution in [-0.4, -0.2) is 45.0 Å². The number of hydrogen-bond donors (Lipinski definition) is 1. The first-order valence-corrected chi connectivity index (χ1v) is 6.18. The Morgan fingerprint density at radius 3 is 2.67 bits per heavy atom. The molecule has 2 rings (SSSR count). The number of para-hydroxylation sites is 1. The van der Waals surface area contributed by atoms with Crippen LogP contribution in [0.5, 0.6) is 0 Å². The lowest BCUT2D eigenvalue weighted by atomic mass is 10.2. The maximum absolute atomic E-state index is 12.5. The minimum atomic E-state index is -4.46. The summed E-state index contributed by atoms with van der Waals surface area (Å²) in [5, 5.41) is 13.6. The van der Waals surface area contributed by atoms with Crippen molar-refractivity contribution >= 4 is 16.9 Å². The lowest BCUT2D eigenvalue weighted by Gasteiger charge is -2.20. The Morgan fingerprint density at radius 1 is 1.38 bits per heavy atom. The summed E-state index contributed by atoms with van der Waals surface area (Å²) in [7, 11) is 1.69. The standard InChI is InChI=1S/C13H14F3N3O2/c1-18-11-5-3-2-4-9(11)10(17-18)6-19(7-12(20)21)8-13(14,15)16/h2-5H,6-8H2,1H3,(H,20,21). The number of rotatable bonds is 5. The first-order valence-electron chi connectivity index (χ1n) is 6.18. The largest absolute Gasteiger partial charge is 0.480 e. The van der Waals surface area contributed by atoms with E-state index in [9.17, 15) is 18.0 Å². The number of nitrogens with zero attached hydrogens (tertiary/aromatic N) is 3. The third-order valence-corrected chi connectivity index (χ3v) is 2.97. The third kappa shape index (κ3) is 3.94. The first-order chi connectivity index (χ1) is 9.76. The number of carbonyl (C=O) groups is 1. The van der Waals surface area contributed by atoms with E-state index < -0.39 is 25.2 Å². The molecule has 2 aromatic rings. The van der Waals surface area contributed by atoms with Gasteiger partial charge in [0.2, 0.25) is 0 Å². The van der Waals surface area contributed by atoms with E-state index in [4.69, 9.17) is 5.11 Å². The summed E-state index contributed by atoms with van der Waals surface area (Å²) in [6.07, 6.45) is -4.46. The lowest BCUT2D eigenvalue weighted by molar-refractivity contribution is -0.154. The normalized spacial score (nSPS) is 12.2. The molecule has 8 heteroatoms. The van der Waals surface area contributed by atoms with Crippen LogP contribution in [0, 0.1) is 0 Å². The smallest absolute Gasteiger partial charge is 0.401 e. The number of aryl methyl sites for hydroxylation is 1. The first kappa shape index (κ1) is 15.3. The van der Waals surface area contributed by atoms with Crippen molar-refractivity contribution in [1.29, 1.82) is 0 Å². The Kier molecular flexibility index (Phi) is 4.17. The maximum Gasteiger partial charge on any atom is 0.401 e. The number of aromatic nitrogens is 2. The van der Waals surface area contributed by atoms with Crippen molar-refractivity contribution in [1.82, 2.24) is 14.7 Å². The predicted octanol–water partition coefficient (Wildman–Crippen LogP) is 2.02. The second kappa shape index (κ2) is 5.72. The number of halogens is 3. The molecule has 0 saturated carbocycles. The average molecular weight is 301 g/mol. The molecule has 0 spiro atoms. The molecule has 0 bridgehead atoms. The Labute approximate surface area is 118 Å². The molecule has 0 radical (unpaired) electrons. The van der Waals surface area contributed by atoms with Crippen LogP contribution >= 0.6 is 0 Å². The minimum Gasteiger partial charge on any atom is -0.480 e. The highest BCUT2D eigenvalue weighted by molar-refractivity contribution is 5.81. The predicted molar refractivity (Wildman–Crippen MR) is 69.7 cm³/mol. The molecule has 0 aliphatic carbocycles. The lowest BCUT2D eigenvalue weighted by Crippen LogP contribution is -2.37. The van der Waals surface area contributed by atoms with Crippen molar-refractivity contribution < 1.29 is 23.1 Å². The SMILES string of the molecule is Cn1nc(CN(CC(=O)O)CC(F)(F)F)c2ccccc21. The van der Waals surface area contributed by atoms with E-state index >= 15 is 0 Å². The van der Waals surface area contributed by atoms with Gasteiger partial charge in [-0.1, -0.05) is 18.2 Å². The molecule has 0 unspecified atom stereocenters. The van der Waals surface area contributed by atoms with E-state index in [1.54, 1.807) is 36.0 Å². The van der Waals surface area contributed by atoms with Crippen LogP contribution < -0.4 is 0 Å².